The first kappa shape index (κ1) is 17.8. The van der Waals surface area contributed by atoms with E-state index in [0.29, 0.717) is 0 Å². The van der Waals surface area contributed by atoms with E-state index in [1.54, 1.807) is 0 Å². The molecule has 0 bridgehead atoms. The Labute approximate surface area is 90.2 Å². The number of halogens is 6. The number of carboxylic acid groups (broad SMARTS) is 1. The second kappa shape index (κ2) is 6.21. The molecule has 0 aromatic carbocycles. The first-order valence-electron chi connectivity index (χ1n) is 3.68. The SMILES string of the molecule is CC(=O)CC(=O)C(F)(F)F.O=C(O)C(F)(F)F. The molecule has 0 saturated carbocycles. The molecule has 0 aliphatic carbocycles. The fourth-order valence-corrected chi connectivity index (χ4v) is 0.326. The van der Waals surface area contributed by atoms with Crippen LogP contribution in [0.25, 0.3) is 0 Å². The van der Waals surface area contributed by atoms with E-state index in [1.807, 2.05) is 0 Å². The van der Waals surface area contributed by atoms with Crippen LogP contribution >= 0.6 is 0 Å². The highest BCUT2D eigenvalue weighted by molar-refractivity contribution is 6.00. The molecule has 4 nitrogen and oxygen atoms in total. The summed E-state index contributed by atoms with van der Waals surface area (Å²) in [6.07, 6.45) is -11.0. The number of carbonyl (C=O) groups excluding carboxylic acids is 2. The van der Waals surface area contributed by atoms with Gasteiger partial charge in [-0.05, 0) is 6.92 Å². The smallest absolute Gasteiger partial charge is 0.475 e. The zero-order valence-corrected chi connectivity index (χ0v) is 8.15. The average Bonchev–Trinajstić information content (AvgIpc) is 1.99. The Morgan fingerprint density at radius 3 is 1.29 bits per heavy atom. The van der Waals surface area contributed by atoms with Crippen LogP contribution in [0.2, 0.25) is 0 Å². The van der Waals surface area contributed by atoms with E-state index in [2.05, 4.69) is 0 Å². The number of hydrogen-bond donors (Lipinski definition) is 1. The maximum absolute atomic E-state index is 11.3. The van der Waals surface area contributed by atoms with Gasteiger partial charge in [0.25, 0.3) is 0 Å². The normalized spacial score (nSPS) is 11.2. The fourth-order valence-electron chi connectivity index (χ4n) is 0.326. The van der Waals surface area contributed by atoms with E-state index >= 15 is 0 Å². The van der Waals surface area contributed by atoms with Gasteiger partial charge < -0.3 is 5.11 Å². The van der Waals surface area contributed by atoms with Crippen molar-refractivity contribution in [1.29, 1.82) is 0 Å². The Hall–Kier alpha value is -1.61. The van der Waals surface area contributed by atoms with Crippen LogP contribution in [0.15, 0.2) is 0 Å². The van der Waals surface area contributed by atoms with Gasteiger partial charge >= 0.3 is 18.3 Å². The third-order valence-corrected chi connectivity index (χ3v) is 0.968. The summed E-state index contributed by atoms with van der Waals surface area (Å²) in [5, 5.41) is 7.12. The molecule has 1 N–H and O–H groups in total. The molecule has 0 saturated heterocycles. The molecule has 0 heterocycles. The minimum atomic E-state index is -5.08. The molecule has 0 unspecified atom stereocenters. The second-order valence-electron chi connectivity index (χ2n) is 2.60. The lowest BCUT2D eigenvalue weighted by Gasteiger charge is -2.00. The van der Waals surface area contributed by atoms with Gasteiger partial charge in [-0.3, -0.25) is 9.59 Å². The van der Waals surface area contributed by atoms with E-state index in [0.717, 1.165) is 6.92 Å². The third kappa shape index (κ3) is 10.7. The molecule has 0 aromatic heterocycles. The van der Waals surface area contributed by atoms with E-state index in [-0.39, 0.29) is 0 Å². The van der Waals surface area contributed by atoms with Crippen LogP contribution in [-0.4, -0.2) is 35.0 Å². The average molecular weight is 268 g/mol. The van der Waals surface area contributed by atoms with Crippen molar-refractivity contribution in [3.8, 4) is 0 Å². The minimum absolute atomic E-state index is 0.776. The van der Waals surface area contributed by atoms with Crippen molar-refractivity contribution >= 4 is 17.5 Å². The van der Waals surface area contributed by atoms with Crippen molar-refractivity contribution in [2.75, 3.05) is 0 Å². The van der Waals surface area contributed by atoms with Gasteiger partial charge in [0.2, 0.25) is 5.78 Å². The third-order valence-electron chi connectivity index (χ3n) is 0.968. The summed E-state index contributed by atoms with van der Waals surface area (Å²) in [4.78, 5) is 28.8. The molecule has 0 spiro atoms. The van der Waals surface area contributed by atoms with Crippen molar-refractivity contribution in [2.24, 2.45) is 0 Å². The van der Waals surface area contributed by atoms with Crippen LogP contribution in [-0.2, 0) is 14.4 Å². The topological polar surface area (TPSA) is 71.4 Å². The van der Waals surface area contributed by atoms with Crippen molar-refractivity contribution in [3.05, 3.63) is 0 Å². The van der Waals surface area contributed by atoms with Crippen LogP contribution in [0.4, 0.5) is 26.3 Å². The number of Topliss-reactive ketones (excluding diaryl/α,β-unsaturated/α-hetero) is 2. The van der Waals surface area contributed by atoms with Gasteiger partial charge in [0.15, 0.2) is 0 Å². The Bertz CT molecular complexity index is 302. The number of ketones is 2. The lowest BCUT2D eigenvalue weighted by atomic mass is 10.2. The highest BCUT2D eigenvalue weighted by Gasteiger charge is 2.38. The molecule has 100 valence electrons. The van der Waals surface area contributed by atoms with Gasteiger partial charge in [-0.1, -0.05) is 0 Å². The predicted molar refractivity (Wildman–Crippen MR) is 40.1 cm³/mol. The van der Waals surface area contributed by atoms with Crippen LogP contribution in [0, 0.1) is 0 Å². The summed E-state index contributed by atoms with van der Waals surface area (Å²) < 4.78 is 65.7. The largest absolute Gasteiger partial charge is 0.490 e. The fraction of sp³-hybridized carbons (Fsp3) is 0.571. The Kier molecular flexibility index (Phi) is 6.49. The minimum Gasteiger partial charge on any atom is -0.475 e. The highest BCUT2D eigenvalue weighted by Crippen LogP contribution is 2.17. The number of carbonyl (C=O) groups is 3. The van der Waals surface area contributed by atoms with Gasteiger partial charge in [-0.25, -0.2) is 4.79 Å². The van der Waals surface area contributed by atoms with Gasteiger partial charge in [0, 0.05) is 0 Å². The van der Waals surface area contributed by atoms with Crippen molar-refractivity contribution in [2.45, 2.75) is 25.7 Å². The first-order valence-corrected chi connectivity index (χ1v) is 3.68. The molecular formula is C7H6F6O4. The van der Waals surface area contributed by atoms with Gasteiger partial charge in [-0.2, -0.15) is 26.3 Å². The summed E-state index contributed by atoms with van der Waals surface area (Å²) in [5.74, 6) is -5.52. The summed E-state index contributed by atoms with van der Waals surface area (Å²) >= 11 is 0. The highest BCUT2D eigenvalue weighted by atomic mass is 19.4. The quantitative estimate of drug-likeness (QED) is 0.611. The number of aliphatic carboxylic acids is 1. The molecule has 0 fully saturated rings. The Morgan fingerprint density at radius 2 is 1.24 bits per heavy atom. The molecule has 0 aliphatic rings. The summed E-state index contributed by atoms with van der Waals surface area (Å²) in [5.41, 5.74) is 0. The molecular weight excluding hydrogens is 262 g/mol. The zero-order chi connectivity index (χ0) is 14.4. The molecule has 17 heavy (non-hydrogen) atoms. The van der Waals surface area contributed by atoms with Crippen LogP contribution in [0.5, 0.6) is 0 Å². The van der Waals surface area contributed by atoms with E-state index in [1.165, 1.54) is 0 Å². The maximum Gasteiger partial charge on any atom is 0.490 e. The van der Waals surface area contributed by atoms with Gasteiger partial charge in [-0.15, -0.1) is 0 Å². The molecule has 0 atom stereocenters. The molecule has 0 amide bonds. The van der Waals surface area contributed by atoms with Gasteiger partial charge in [0.1, 0.15) is 5.78 Å². The number of alkyl halides is 6. The van der Waals surface area contributed by atoms with Crippen molar-refractivity contribution < 1.29 is 45.8 Å². The predicted octanol–water partition coefficient (Wildman–Crippen LogP) is 1.73. The standard InChI is InChI=1S/C5H5F3O2.C2HF3O2/c1-3(9)2-4(10)5(6,7)8;3-2(4,5)1(6)7/h2H2,1H3;(H,6,7). The Morgan fingerprint density at radius 1 is 0.941 bits per heavy atom. The molecule has 10 heteroatoms. The van der Waals surface area contributed by atoms with Crippen molar-refractivity contribution in [1.82, 2.24) is 0 Å². The molecule has 0 aliphatic heterocycles. The monoisotopic (exact) mass is 268 g/mol. The number of rotatable bonds is 2. The Balaban J connectivity index is 0. The summed E-state index contributed by atoms with van der Waals surface area (Å²) in [7, 11) is 0. The van der Waals surface area contributed by atoms with E-state index in [4.69, 9.17) is 9.90 Å². The molecule has 0 aromatic rings. The number of hydrogen-bond acceptors (Lipinski definition) is 3. The lowest BCUT2D eigenvalue weighted by Crippen LogP contribution is -2.24. The zero-order valence-electron chi connectivity index (χ0n) is 8.15. The molecule has 0 rings (SSSR count). The van der Waals surface area contributed by atoms with Gasteiger partial charge in [0.05, 0.1) is 6.42 Å². The first-order chi connectivity index (χ1) is 7.28. The maximum atomic E-state index is 11.3. The summed E-state index contributed by atoms with van der Waals surface area (Å²) in [6, 6.07) is 0. The van der Waals surface area contributed by atoms with E-state index < -0.39 is 36.3 Å². The van der Waals surface area contributed by atoms with Crippen LogP contribution < -0.4 is 0 Å². The van der Waals surface area contributed by atoms with Crippen molar-refractivity contribution in [3.63, 3.8) is 0 Å². The summed E-state index contributed by atoms with van der Waals surface area (Å²) in [6.45, 7) is 0.934. The lowest BCUT2D eigenvalue weighted by molar-refractivity contribution is -0.192. The van der Waals surface area contributed by atoms with Crippen LogP contribution in [0.1, 0.15) is 13.3 Å². The van der Waals surface area contributed by atoms with Crippen LogP contribution in [0.3, 0.4) is 0 Å². The second-order valence-corrected chi connectivity index (χ2v) is 2.60. The van der Waals surface area contributed by atoms with E-state index in [9.17, 15) is 35.9 Å². The number of carboxylic acids is 1. The molecule has 0 radical (unpaired) electrons.